The van der Waals surface area contributed by atoms with Gasteiger partial charge >= 0.3 is 0 Å². The smallest absolute Gasteiger partial charge is 0.0977 e. The molecule has 1 unspecified atom stereocenters. The van der Waals surface area contributed by atoms with Gasteiger partial charge in [-0.1, -0.05) is 22.6 Å². The van der Waals surface area contributed by atoms with E-state index in [-0.39, 0.29) is 11.2 Å². The minimum Gasteiger partial charge on any atom is -0.370 e. The third kappa shape index (κ3) is 2.56. The van der Waals surface area contributed by atoms with Crippen LogP contribution >= 0.6 is 22.6 Å². The Kier molecular flexibility index (Phi) is 2.82. The van der Waals surface area contributed by atoms with Gasteiger partial charge < -0.3 is 9.47 Å². The van der Waals surface area contributed by atoms with Crippen molar-refractivity contribution in [3.63, 3.8) is 0 Å². The number of rotatable bonds is 1. The van der Waals surface area contributed by atoms with Gasteiger partial charge in [0.25, 0.3) is 0 Å². The largest absolute Gasteiger partial charge is 0.370 e. The monoisotopic (exact) mass is 270 g/mol. The van der Waals surface area contributed by atoms with Crippen molar-refractivity contribution in [2.24, 2.45) is 0 Å². The fourth-order valence-electron chi connectivity index (χ4n) is 0.857. The average molecular weight is 270 g/mol. The van der Waals surface area contributed by atoms with Crippen LogP contribution in [0.15, 0.2) is 0 Å². The van der Waals surface area contributed by atoms with Gasteiger partial charge in [0.2, 0.25) is 0 Å². The molecule has 0 aromatic heterocycles. The third-order valence-corrected chi connectivity index (χ3v) is 3.43. The van der Waals surface area contributed by atoms with E-state index in [2.05, 4.69) is 43.4 Å². The van der Waals surface area contributed by atoms with Crippen molar-refractivity contribution in [1.82, 2.24) is 0 Å². The summed E-state index contributed by atoms with van der Waals surface area (Å²) in [4.78, 5) is 0. The summed E-state index contributed by atoms with van der Waals surface area (Å²) in [6, 6.07) is 0. The Labute approximate surface area is 81.8 Å². The molecule has 1 fully saturated rings. The van der Waals surface area contributed by atoms with Crippen LogP contribution in [-0.4, -0.2) is 28.8 Å². The molecule has 0 aliphatic carbocycles. The van der Waals surface area contributed by atoms with E-state index in [0.29, 0.717) is 13.2 Å². The highest BCUT2D eigenvalue weighted by atomic mass is 127. The molecule has 1 saturated heterocycles. The molecule has 0 amide bonds. The van der Waals surface area contributed by atoms with Crippen LogP contribution in [0.1, 0.15) is 20.8 Å². The van der Waals surface area contributed by atoms with Gasteiger partial charge in [-0.05, 0) is 20.8 Å². The van der Waals surface area contributed by atoms with E-state index in [9.17, 15) is 0 Å². The third-order valence-electron chi connectivity index (χ3n) is 1.82. The van der Waals surface area contributed by atoms with Crippen LogP contribution in [0.4, 0.5) is 0 Å². The molecule has 11 heavy (non-hydrogen) atoms. The maximum absolute atomic E-state index is 5.70. The molecule has 0 N–H and O–H groups in total. The first kappa shape index (κ1) is 9.74. The van der Waals surface area contributed by atoms with Crippen molar-refractivity contribution in [1.29, 1.82) is 0 Å². The van der Waals surface area contributed by atoms with Crippen molar-refractivity contribution in [3.05, 3.63) is 0 Å². The van der Waals surface area contributed by atoms with Crippen LogP contribution in [0.5, 0.6) is 0 Å². The van der Waals surface area contributed by atoms with Gasteiger partial charge in [0.1, 0.15) is 0 Å². The summed E-state index contributed by atoms with van der Waals surface area (Å²) in [7, 11) is 0. The summed E-state index contributed by atoms with van der Waals surface area (Å²) in [6.45, 7) is 7.61. The van der Waals surface area contributed by atoms with E-state index in [4.69, 9.17) is 9.47 Å². The molecular weight excluding hydrogens is 255 g/mol. The first-order valence-corrected chi connectivity index (χ1v) is 5.34. The molecule has 0 bridgehead atoms. The molecule has 0 aromatic carbocycles. The zero-order valence-electron chi connectivity index (χ0n) is 7.32. The van der Waals surface area contributed by atoms with Gasteiger partial charge in [-0.25, -0.2) is 0 Å². The molecule has 0 aromatic rings. The van der Waals surface area contributed by atoms with E-state index < -0.39 is 0 Å². The van der Waals surface area contributed by atoms with Crippen molar-refractivity contribution in [2.45, 2.75) is 32.0 Å². The maximum Gasteiger partial charge on any atom is 0.0977 e. The second kappa shape index (κ2) is 3.18. The van der Waals surface area contributed by atoms with Crippen molar-refractivity contribution in [2.75, 3.05) is 17.6 Å². The van der Waals surface area contributed by atoms with Gasteiger partial charge in [0.05, 0.1) is 24.4 Å². The zero-order valence-corrected chi connectivity index (χ0v) is 9.47. The number of ether oxygens (including phenoxy) is 2. The molecule has 1 atom stereocenters. The molecule has 0 spiro atoms. The lowest BCUT2D eigenvalue weighted by Gasteiger charge is -2.40. The van der Waals surface area contributed by atoms with Crippen molar-refractivity contribution < 1.29 is 9.47 Å². The van der Waals surface area contributed by atoms with E-state index in [1.54, 1.807) is 0 Å². The van der Waals surface area contributed by atoms with Crippen LogP contribution in [0.2, 0.25) is 0 Å². The molecule has 2 nitrogen and oxygen atoms in total. The van der Waals surface area contributed by atoms with Gasteiger partial charge in [-0.15, -0.1) is 0 Å². The van der Waals surface area contributed by atoms with Crippen LogP contribution in [-0.2, 0) is 9.47 Å². The zero-order chi connectivity index (χ0) is 8.54. The average Bonchev–Trinajstić information content (AvgIpc) is 1.97. The highest BCUT2D eigenvalue weighted by molar-refractivity contribution is 14.1. The molecule has 66 valence electrons. The van der Waals surface area contributed by atoms with Crippen LogP contribution in [0.3, 0.4) is 0 Å². The lowest BCUT2D eigenvalue weighted by atomic mass is 10.1. The van der Waals surface area contributed by atoms with Gasteiger partial charge in [-0.3, -0.25) is 0 Å². The molecule has 0 saturated carbocycles. The summed E-state index contributed by atoms with van der Waals surface area (Å²) in [5.74, 6) is 0. The van der Waals surface area contributed by atoms with E-state index in [1.807, 2.05) is 0 Å². The Balaban J connectivity index is 2.48. The lowest BCUT2D eigenvalue weighted by Crippen LogP contribution is -2.50. The number of hydrogen-bond donors (Lipinski definition) is 0. The van der Waals surface area contributed by atoms with Crippen molar-refractivity contribution in [3.8, 4) is 0 Å². The molecule has 0 radical (unpaired) electrons. The van der Waals surface area contributed by atoms with Gasteiger partial charge in [-0.2, -0.15) is 0 Å². The molecule has 1 aliphatic heterocycles. The highest BCUT2D eigenvalue weighted by Gasteiger charge is 2.35. The SMILES string of the molecule is CC1(C)COC(C)(CI)CO1. The Morgan fingerprint density at radius 1 is 1.18 bits per heavy atom. The molecule has 1 heterocycles. The molecule has 1 aliphatic rings. The quantitative estimate of drug-likeness (QED) is 0.536. The van der Waals surface area contributed by atoms with E-state index >= 15 is 0 Å². The summed E-state index contributed by atoms with van der Waals surface area (Å²) < 4.78 is 12.3. The van der Waals surface area contributed by atoms with Gasteiger partial charge in [0.15, 0.2) is 0 Å². The lowest BCUT2D eigenvalue weighted by molar-refractivity contribution is -0.206. The first-order valence-electron chi connectivity index (χ1n) is 3.81. The standard InChI is InChI=1S/C8H15IO2/c1-7(2)5-11-8(3,4-9)6-10-7/h4-6H2,1-3H3. The molecular formula is C8H15IO2. The highest BCUT2D eigenvalue weighted by Crippen LogP contribution is 2.26. The number of hydrogen-bond acceptors (Lipinski definition) is 2. The fraction of sp³-hybridized carbons (Fsp3) is 1.00. The summed E-state index contributed by atoms with van der Waals surface area (Å²) in [5, 5.41) is 0. The normalized spacial score (nSPS) is 37.1. The number of alkyl halides is 1. The van der Waals surface area contributed by atoms with Crippen molar-refractivity contribution >= 4 is 22.6 Å². The molecule has 1 rings (SSSR count). The minimum atomic E-state index is -0.0919. The van der Waals surface area contributed by atoms with Gasteiger partial charge in [0, 0.05) is 4.43 Å². The van der Waals surface area contributed by atoms with Crippen LogP contribution in [0.25, 0.3) is 0 Å². The first-order chi connectivity index (χ1) is 4.97. The Hall–Kier alpha value is 0.650. The maximum atomic E-state index is 5.70. The topological polar surface area (TPSA) is 18.5 Å². The predicted molar refractivity (Wildman–Crippen MR) is 53.3 cm³/mol. The second-order valence-electron chi connectivity index (χ2n) is 3.92. The second-order valence-corrected chi connectivity index (χ2v) is 4.68. The van der Waals surface area contributed by atoms with E-state index in [1.165, 1.54) is 0 Å². The van der Waals surface area contributed by atoms with Crippen LogP contribution < -0.4 is 0 Å². The number of halogens is 1. The van der Waals surface area contributed by atoms with Crippen LogP contribution in [0, 0.1) is 0 Å². The Bertz CT molecular complexity index is 135. The Morgan fingerprint density at radius 2 is 1.82 bits per heavy atom. The minimum absolute atomic E-state index is 0.0594. The summed E-state index contributed by atoms with van der Waals surface area (Å²) >= 11 is 2.33. The van der Waals surface area contributed by atoms with E-state index in [0.717, 1.165) is 4.43 Å². The predicted octanol–water partition coefficient (Wildman–Crippen LogP) is 2.01. The Morgan fingerprint density at radius 3 is 2.18 bits per heavy atom. The molecule has 3 heteroatoms. The summed E-state index contributed by atoms with van der Waals surface area (Å²) in [5.41, 5.74) is -0.151. The summed E-state index contributed by atoms with van der Waals surface area (Å²) in [6.07, 6.45) is 0. The fourth-order valence-corrected chi connectivity index (χ4v) is 1.30.